The number of hydrogen-bond donors (Lipinski definition) is 1. The molecule has 0 saturated heterocycles. The molecule has 0 aromatic rings. The van der Waals surface area contributed by atoms with Crippen molar-refractivity contribution in [3.8, 4) is 0 Å². The molecule has 0 atom stereocenters. The van der Waals surface area contributed by atoms with E-state index in [0.29, 0.717) is 0 Å². The van der Waals surface area contributed by atoms with Crippen LogP contribution in [0.1, 0.15) is 6.92 Å². The molecule has 0 unspecified atom stereocenters. The van der Waals surface area contributed by atoms with Gasteiger partial charge in [-0.2, -0.15) is 0 Å². The lowest BCUT2D eigenvalue weighted by molar-refractivity contribution is 0.413. The number of rotatable bonds is 1. The van der Waals surface area contributed by atoms with Crippen LogP contribution in [0.4, 0.5) is 0 Å². The second kappa shape index (κ2) is 4.88. The average Bonchev–Trinajstić information content (AvgIpc) is 1.87. The van der Waals surface area contributed by atoms with E-state index in [4.69, 9.17) is 5.41 Å². The zero-order valence-electron chi connectivity index (χ0n) is 5.27. The van der Waals surface area contributed by atoms with Crippen molar-refractivity contribution in [2.24, 2.45) is 0 Å². The predicted molar refractivity (Wildman–Crippen MR) is 45.0 cm³/mol. The van der Waals surface area contributed by atoms with Crippen LogP contribution in [0.25, 0.3) is 0 Å². The molecule has 0 bridgehead atoms. The molecular formula is C5H8BrNOS. The molecule has 0 aromatic heterocycles. The highest BCUT2D eigenvalue weighted by molar-refractivity contribution is 9.14. The minimum atomic E-state index is 0.194. The largest absolute Gasteiger partial charge is 0.476 e. The number of nitrogens with one attached hydrogen (secondary N) is 1. The van der Waals surface area contributed by atoms with Gasteiger partial charge < -0.3 is 4.74 Å². The van der Waals surface area contributed by atoms with Crippen LogP contribution in [-0.4, -0.2) is 12.3 Å². The monoisotopic (exact) mass is 209 g/mol. The lowest BCUT2D eigenvalue weighted by Gasteiger charge is -1.97. The highest BCUT2D eigenvalue weighted by Crippen LogP contribution is 2.22. The Morgan fingerprint density at radius 1 is 1.78 bits per heavy atom. The van der Waals surface area contributed by atoms with Crippen molar-refractivity contribution in [1.82, 2.24) is 0 Å². The van der Waals surface area contributed by atoms with E-state index in [2.05, 4.69) is 20.7 Å². The summed E-state index contributed by atoms with van der Waals surface area (Å²) < 4.78 is 5.50. The molecule has 0 radical (unpaired) electrons. The van der Waals surface area contributed by atoms with E-state index in [0.717, 1.165) is 3.81 Å². The van der Waals surface area contributed by atoms with Gasteiger partial charge in [0.25, 0.3) is 0 Å². The minimum absolute atomic E-state index is 0.194. The van der Waals surface area contributed by atoms with Crippen LogP contribution < -0.4 is 0 Å². The van der Waals surface area contributed by atoms with Gasteiger partial charge in [-0.25, -0.2) is 0 Å². The summed E-state index contributed by atoms with van der Waals surface area (Å²) in [4.78, 5) is 0. The van der Waals surface area contributed by atoms with Gasteiger partial charge in [-0.1, -0.05) is 6.08 Å². The van der Waals surface area contributed by atoms with Gasteiger partial charge in [0.15, 0.2) is 0 Å². The fourth-order valence-corrected chi connectivity index (χ4v) is 1.01. The Morgan fingerprint density at radius 2 is 2.33 bits per heavy atom. The fraction of sp³-hybridized carbons (Fsp3) is 0.400. The third kappa shape index (κ3) is 4.54. The molecule has 0 fully saturated rings. The molecule has 9 heavy (non-hydrogen) atoms. The van der Waals surface area contributed by atoms with E-state index in [1.54, 1.807) is 0 Å². The molecule has 0 heterocycles. The summed E-state index contributed by atoms with van der Waals surface area (Å²) in [6.45, 7) is 1.89. The lowest BCUT2D eigenvalue weighted by atomic mass is 10.8. The predicted octanol–water partition coefficient (Wildman–Crippen LogP) is 2.56. The second-order valence-electron chi connectivity index (χ2n) is 1.19. The summed E-state index contributed by atoms with van der Waals surface area (Å²) >= 11 is 4.46. The van der Waals surface area contributed by atoms with Gasteiger partial charge in [0, 0.05) is 0 Å². The third-order valence-electron chi connectivity index (χ3n) is 0.603. The standard InChI is InChI=1S/C5H8BrNOS/c1-3-4(6)9-5(7)8-2/h3,7H,1-2H3/b4-3-,7-5?. The van der Waals surface area contributed by atoms with Gasteiger partial charge in [-0.05, 0) is 34.6 Å². The van der Waals surface area contributed by atoms with E-state index < -0.39 is 0 Å². The molecule has 1 N–H and O–H groups in total. The molecule has 0 aliphatic rings. The van der Waals surface area contributed by atoms with Crippen molar-refractivity contribution in [2.45, 2.75) is 6.92 Å². The summed E-state index contributed by atoms with van der Waals surface area (Å²) in [6, 6.07) is 0. The van der Waals surface area contributed by atoms with Gasteiger partial charge >= 0.3 is 0 Å². The normalized spacial score (nSPS) is 11.2. The number of ether oxygens (including phenoxy) is 1. The van der Waals surface area contributed by atoms with E-state index in [9.17, 15) is 0 Å². The van der Waals surface area contributed by atoms with Gasteiger partial charge in [-0.15, -0.1) is 0 Å². The van der Waals surface area contributed by atoms with E-state index >= 15 is 0 Å². The Labute approximate surface area is 67.3 Å². The quantitative estimate of drug-likeness (QED) is 0.532. The maximum Gasteiger partial charge on any atom is 0.248 e. The average molecular weight is 210 g/mol. The molecule has 52 valence electrons. The van der Waals surface area contributed by atoms with Crippen LogP contribution in [0.3, 0.4) is 0 Å². The summed E-state index contributed by atoms with van der Waals surface area (Å²) in [6.07, 6.45) is 1.86. The summed E-state index contributed by atoms with van der Waals surface area (Å²) in [5.41, 5.74) is 0. The van der Waals surface area contributed by atoms with Crippen molar-refractivity contribution < 1.29 is 4.74 Å². The Bertz CT molecular complexity index is 135. The van der Waals surface area contributed by atoms with E-state index in [-0.39, 0.29) is 5.23 Å². The number of hydrogen-bond acceptors (Lipinski definition) is 3. The van der Waals surface area contributed by atoms with Crippen molar-refractivity contribution in [2.75, 3.05) is 7.11 Å². The SMILES string of the molecule is C/C=C(/Br)SC(=N)OC. The van der Waals surface area contributed by atoms with Crippen molar-refractivity contribution in [3.63, 3.8) is 0 Å². The number of halogens is 1. The summed E-state index contributed by atoms with van der Waals surface area (Å²) in [7, 11) is 1.48. The zero-order chi connectivity index (χ0) is 7.28. The van der Waals surface area contributed by atoms with Crippen molar-refractivity contribution >= 4 is 32.9 Å². The summed E-state index contributed by atoms with van der Waals surface area (Å²) in [5, 5.41) is 7.24. The topological polar surface area (TPSA) is 33.1 Å². The molecule has 0 amide bonds. The maximum absolute atomic E-state index is 7.04. The Balaban J connectivity index is 3.60. The first kappa shape index (κ1) is 9.04. The first-order valence-corrected chi connectivity index (χ1v) is 3.94. The highest BCUT2D eigenvalue weighted by atomic mass is 79.9. The molecule has 0 aromatic carbocycles. The van der Waals surface area contributed by atoms with Crippen LogP contribution in [0.15, 0.2) is 9.89 Å². The van der Waals surface area contributed by atoms with Crippen LogP contribution in [0.5, 0.6) is 0 Å². The number of allylic oxidation sites excluding steroid dienone is 1. The van der Waals surface area contributed by atoms with Crippen LogP contribution in [0, 0.1) is 5.41 Å². The number of thioether (sulfide) groups is 1. The van der Waals surface area contributed by atoms with E-state index in [1.165, 1.54) is 18.9 Å². The highest BCUT2D eigenvalue weighted by Gasteiger charge is 1.96. The lowest BCUT2D eigenvalue weighted by Crippen LogP contribution is -1.89. The van der Waals surface area contributed by atoms with Gasteiger partial charge in [0.05, 0.1) is 10.9 Å². The molecular weight excluding hydrogens is 202 g/mol. The third-order valence-corrected chi connectivity index (χ3v) is 2.33. The summed E-state index contributed by atoms with van der Waals surface area (Å²) in [5.74, 6) is 0. The van der Waals surface area contributed by atoms with Gasteiger partial charge in [0.2, 0.25) is 5.23 Å². The van der Waals surface area contributed by atoms with Gasteiger partial charge in [-0.3, -0.25) is 5.41 Å². The first-order valence-electron chi connectivity index (χ1n) is 2.33. The van der Waals surface area contributed by atoms with Crippen LogP contribution in [-0.2, 0) is 4.74 Å². The molecule has 0 spiro atoms. The van der Waals surface area contributed by atoms with Crippen LogP contribution >= 0.6 is 27.7 Å². The molecule has 0 aliphatic carbocycles. The van der Waals surface area contributed by atoms with Crippen molar-refractivity contribution in [3.05, 3.63) is 9.89 Å². The van der Waals surface area contributed by atoms with E-state index in [1.807, 2.05) is 13.0 Å². The minimum Gasteiger partial charge on any atom is -0.476 e. The Kier molecular flexibility index (Phi) is 4.90. The maximum atomic E-state index is 7.04. The van der Waals surface area contributed by atoms with Crippen LogP contribution in [0.2, 0.25) is 0 Å². The van der Waals surface area contributed by atoms with Gasteiger partial charge in [0.1, 0.15) is 0 Å². The number of methoxy groups -OCH3 is 1. The molecule has 0 saturated carbocycles. The molecule has 0 aliphatic heterocycles. The molecule has 0 rings (SSSR count). The Morgan fingerprint density at radius 3 is 2.67 bits per heavy atom. The second-order valence-corrected chi connectivity index (χ2v) is 3.58. The zero-order valence-corrected chi connectivity index (χ0v) is 7.67. The molecule has 4 heteroatoms. The molecule has 2 nitrogen and oxygen atoms in total. The smallest absolute Gasteiger partial charge is 0.248 e. The van der Waals surface area contributed by atoms with Crippen molar-refractivity contribution in [1.29, 1.82) is 5.41 Å². The Hall–Kier alpha value is 0.0400. The fourth-order valence-electron chi connectivity index (χ4n) is 0.189. The first-order chi connectivity index (χ1) is 4.20.